The molecule has 2 fully saturated rings. The van der Waals surface area contributed by atoms with E-state index >= 15 is 0 Å². The lowest BCUT2D eigenvalue weighted by atomic mass is 9.55. The molecular weight excluding hydrogens is 399 g/mol. The second kappa shape index (κ2) is 7.49. The lowest BCUT2D eigenvalue weighted by molar-refractivity contribution is 0.0955. The summed E-state index contributed by atoms with van der Waals surface area (Å²) >= 11 is 6.09. The predicted molar refractivity (Wildman–Crippen MR) is 119 cm³/mol. The van der Waals surface area contributed by atoms with E-state index in [4.69, 9.17) is 11.6 Å². The van der Waals surface area contributed by atoms with Crippen LogP contribution in [-0.2, 0) is 6.42 Å². The van der Waals surface area contributed by atoms with Gasteiger partial charge in [-0.1, -0.05) is 30.7 Å². The van der Waals surface area contributed by atoms with E-state index < -0.39 is 0 Å². The topological polar surface area (TPSA) is 45.0 Å². The van der Waals surface area contributed by atoms with Crippen molar-refractivity contribution >= 4 is 23.5 Å². The molecule has 3 aliphatic rings. The van der Waals surface area contributed by atoms with Crippen molar-refractivity contribution in [3.05, 3.63) is 63.9 Å². The SMILES string of the molecule is CC12CCC3c4ccc(O)cc4CCC3C1CCC2=NN=Cc1c(F)cccc1Cl. The molecule has 5 heteroatoms. The van der Waals surface area contributed by atoms with Crippen molar-refractivity contribution in [1.82, 2.24) is 0 Å². The summed E-state index contributed by atoms with van der Waals surface area (Å²) in [4.78, 5) is 0. The van der Waals surface area contributed by atoms with Crippen molar-refractivity contribution in [2.75, 3.05) is 0 Å². The van der Waals surface area contributed by atoms with Crippen LogP contribution in [0.4, 0.5) is 4.39 Å². The molecular formula is C25H26ClFN2O. The van der Waals surface area contributed by atoms with E-state index in [0.717, 1.165) is 37.8 Å². The number of aromatic hydroxyl groups is 1. The van der Waals surface area contributed by atoms with Crippen LogP contribution in [0.25, 0.3) is 0 Å². The zero-order chi connectivity index (χ0) is 20.9. The van der Waals surface area contributed by atoms with E-state index in [1.165, 1.54) is 29.8 Å². The van der Waals surface area contributed by atoms with Gasteiger partial charge in [-0.3, -0.25) is 0 Å². The van der Waals surface area contributed by atoms with E-state index in [0.29, 0.717) is 34.1 Å². The smallest absolute Gasteiger partial charge is 0.133 e. The highest BCUT2D eigenvalue weighted by molar-refractivity contribution is 6.33. The number of phenolic OH excluding ortho intramolecular Hbond substituents is 1. The highest BCUT2D eigenvalue weighted by Crippen LogP contribution is 2.60. The number of hydrogen-bond donors (Lipinski definition) is 1. The molecule has 156 valence electrons. The average Bonchev–Trinajstić information content (AvgIpc) is 3.06. The molecule has 0 spiro atoms. The zero-order valence-corrected chi connectivity index (χ0v) is 17.9. The molecule has 0 amide bonds. The summed E-state index contributed by atoms with van der Waals surface area (Å²) in [6, 6.07) is 10.5. The number of nitrogens with zero attached hydrogens (tertiary/aromatic N) is 2. The summed E-state index contributed by atoms with van der Waals surface area (Å²) in [6.07, 6.45) is 7.97. The number of rotatable bonds is 2. The molecule has 3 nitrogen and oxygen atoms in total. The summed E-state index contributed by atoms with van der Waals surface area (Å²) < 4.78 is 14.0. The standard InChI is InChI=1S/C25H26ClFN2O/c1-25-12-11-18-17-8-6-16(30)13-15(17)5-7-19(18)21(25)9-10-24(25)29-28-14-20-22(26)3-2-4-23(20)27/h2-4,6,8,13-14,18-19,21,30H,5,7,9-12H2,1H3. The average molecular weight is 425 g/mol. The molecule has 0 aliphatic heterocycles. The van der Waals surface area contributed by atoms with Gasteiger partial charge >= 0.3 is 0 Å². The Morgan fingerprint density at radius 1 is 1.17 bits per heavy atom. The van der Waals surface area contributed by atoms with Crippen molar-refractivity contribution in [1.29, 1.82) is 0 Å². The molecule has 0 aromatic heterocycles. The molecule has 3 aliphatic carbocycles. The molecule has 2 aromatic rings. The molecule has 0 heterocycles. The Morgan fingerprint density at radius 2 is 2.03 bits per heavy atom. The predicted octanol–water partition coefficient (Wildman–Crippen LogP) is 6.52. The van der Waals surface area contributed by atoms with E-state index in [1.54, 1.807) is 12.1 Å². The Hall–Kier alpha value is -2.20. The van der Waals surface area contributed by atoms with Gasteiger partial charge in [0.15, 0.2) is 0 Å². The third-order valence-electron chi connectivity index (χ3n) is 7.82. The Bertz CT molecular complexity index is 1030. The fourth-order valence-electron chi connectivity index (χ4n) is 6.31. The molecule has 2 aromatic carbocycles. The fourth-order valence-corrected chi connectivity index (χ4v) is 6.52. The Morgan fingerprint density at radius 3 is 2.87 bits per heavy atom. The van der Waals surface area contributed by atoms with Gasteiger partial charge in [0.25, 0.3) is 0 Å². The first kappa shape index (κ1) is 19.7. The first-order chi connectivity index (χ1) is 14.5. The van der Waals surface area contributed by atoms with Crippen molar-refractivity contribution in [3.63, 3.8) is 0 Å². The molecule has 0 saturated heterocycles. The highest BCUT2D eigenvalue weighted by atomic mass is 35.5. The molecule has 4 atom stereocenters. The maximum absolute atomic E-state index is 14.0. The zero-order valence-electron chi connectivity index (χ0n) is 17.1. The number of aryl methyl sites for hydroxylation is 1. The molecule has 5 rings (SSSR count). The van der Waals surface area contributed by atoms with Crippen molar-refractivity contribution in [3.8, 4) is 5.75 Å². The van der Waals surface area contributed by atoms with Crippen LogP contribution in [0.3, 0.4) is 0 Å². The van der Waals surface area contributed by atoms with Crippen molar-refractivity contribution in [2.24, 2.45) is 27.5 Å². The number of phenols is 1. The lowest BCUT2D eigenvalue weighted by Crippen LogP contribution is -2.42. The van der Waals surface area contributed by atoms with E-state index in [1.807, 2.05) is 12.1 Å². The number of halogens is 2. The van der Waals surface area contributed by atoms with Gasteiger partial charge in [0.05, 0.1) is 11.2 Å². The summed E-state index contributed by atoms with van der Waals surface area (Å²) in [5, 5.41) is 19.0. The first-order valence-corrected chi connectivity index (χ1v) is 11.2. The summed E-state index contributed by atoms with van der Waals surface area (Å²) in [5.41, 5.74) is 4.25. The quantitative estimate of drug-likeness (QED) is 0.433. The van der Waals surface area contributed by atoms with Crippen LogP contribution in [0.15, 0.2) is 46.6 Å². The van der Waals surface area contributed by atoms with Crippen LogP contribution in [0.5, 0.6) is 5.75 Å². The highest BCUT2D eigenvalue weighted by Gasteiger charge is 2.53. The van der Waals surface area contributed by atoms with Crippen LogP contribution in [0.1, 0.15) is 61.6 Å². The Balaban J connectivity index is 1.40. The van der Waals surface area contributed by atoms with Gasteiger partial charge in [-0.2, -0.15) is 10.2 Å². The third-order valence-corrected chi connectivity index (χ3v) is 8.15. The minimum atomic E-state index is -0.380. The van der Waals surface area contributed by atoms with Gasteiger partial charge in [-0.05, 0) is 91.7 Å². The Kier molecular flexibility index (Phi) is 4.93. The molecule has 0 radical (unpaired) electrons. The summed E-state index contributed by atoms with van der Waals surface area (Å²) in [6.45, 7) is 2.34. The molecule has 2 saturated carbocycles. The minimum Gasteiger partial charge on any atom is -0.508 e. The van der Waals surface area contributed by atoms with Gasteiger partial charge < -0.3 is 5.11 Å². The van der Waals surface area contributed by atoms with E-state index in [2.05, 4.69) is 23.2 Å². The van der Waals surface area contributed by atoms with Gasteiger partial charge in [0.2, 0.25) is 0 Å². The van der Waals surface area contributed by atoms with Gasteiger partial charge in [-0.15, -0.1) is 0 Å². The van der Waals surface area contributed by atoms with Gasteiger partial charge in [-0.25, -0.2) is 4.39 Å². The molecule has 1 N–H and O–H groups in total. The van der Waals surface area contributed by atoms with Crippen LogP contribution < -0.4 is 0 Å². The lowest BCUT2D eigenvalue weighted by Gasteiger charge is -2.49. The van der Waals surface area contributed by atoms with E-state index in [-0.39, 0.29) is 11.2 Å². The number of fused-ring (bicyclic) bond motifs is 5. The first-order valence-electron chi connectivity index (χ1n) is 10.8. The van der Waals surface area contributed by atoms with Crippen molar-refractivity contribution < 1.29 is 9.50 Å². The van der Waals surface area contributed by atoms with Crippen LogP contribution in [0, 0.1) is 23.1 Å². The van der Waals surface area contributed by atoms with E-state index in [9.17, 15) is 9.50 Å². The monoisotopic (exact) mass is 424 g/mol. The van der Waals surface area contributed by atoms with Gasteiger partial charge in [0.1, 0.15) is 11.6 Å². The van der Waals surface area contributed by atoms with Gasteiger partial charge in [0, 0.05) is 16.7 Å². The third kappa shape index (κ3) is 3.17. The van der Waals surface area contributed by atoms with Crippen LogP contribution in [-0.4, -0.2) is 17.0 Å². The number of hydrogen-bond acceptors (Lipinski definition) is 3. The molecule has 30 heavy (non-hydrogen) atoms. The maximum Gasteiger partial charge on any atom is 0.133 e. The Labute approximate surface area is 181 Å². The van der Waals surface area contributed by atoms with Crippen LogP contribution >= 0.6 is 11.6 Å². The minimum absolute atomic E-state index is 0.0615. The van der Waals surface area contributed by atoms with Crippen LogP contribution in [0.2, 0.25) is 5.02 Å². The van der Waals surface area contributed by atoms with Crippen molar-refractivity contribution in [2.45, 2.75) is 51.4 Å². The normalized spacial score (nSPS) is 31.6. The second-order valence-corrected chi connectivity index (χ2v) is 9.63. The summed E-state index contributed by atoms with van der Waals surface area (Å²) in [5.74, 6) is 1.82. The molecule has 4 unspecified atom stereocenters. The fraction of sp³-hybridized carbons (Fsp3) is 0.440. The summed E-state index contributed by atoms with van der Waals surface area (Å²) in [7, 11) is 0. The largest absolute Gasteiger partial charge is 0.508 e. The second-order valence-electron chi connectivity index (χ2n) is 9.22. The maximum atomic E-state index is 14.0. The molecule has 0 bridgehead atoms. The number of benzene rings is 2.